The number of unbranched alkanes of at least 4 members (excludes halogenated alkanes) is 2. The molecule has 9 nitrogen and oxygen atoms in total. The van der Waals surface area contributed by atoms with Crippen molar-refractivity contribution < 1.29 is 23.8 Å². The van der Waals surface area contributed by atoms with Gasteiger partial charge in [0.15, 0.2) is 0 Å². The van der Waals surface area contributed by atoms with Gasteiger partial charge in [0, 0.05) is 39.2 Å². The molecule has 1 amide bonds. The minimum absolute atomic E-state index is 0.0497. The maximum absolute atomic E-state index is 13.1. The number of carbonyl (C=O) groups is 2. The Morgan fingerprint density at radius 1 is 1.13 bits per heavy atom. The number of anilines is 1. The SMILES string of the molecule is COc1cc(N)c(Cl)cc1C(=O)N[C@H]1CCN(CCCCCC(=O)O[C@@H]2CN3CCC2CC3)C[C@]1(C)OC. The number of carbonyl (C=O) groups excluding carboxylic acids is 2. The molecule has 0 aromatic heterocycles. The number of nitrogens with zero attached hydrogens (tertiary/aromatic N) is 2. The lowest BCUT2D eigenvalue weighted by Crippen LogP contribution is -2.62. The number of fused-ring (bicyclic) bond motifs is 3. The van der Waals surface area contributed by atoms with E-state index in [4.69, 9.17) is 31.5 Å². The number of halogens is 1. The summed E-state index contributed by atoms with van der Waals surface area (Å²) in [6, 6.07) is 2.93. The van der Waals surface area contributed by atoms with Crippen LogP contribution >= 0.6 is 11.6 Å². The molecule has 1 aromatic carbocycles. The van der Waals surface area contributed by atoms with E-state index in [0.29, 0.717) is 40.9 Å². The standard InChI is InChI=1S/C28H43ClN4O5/c1-28(37-3)18-33(11-6-4-5-7-26(34)38-24-17-32-12-8-19(24)9-13-32)14-10-25(28)31-27(35)20-15-21(29)22(30)16-23(20)36-2/h15-16,19,24-25H,4-14,17-18,30H2,1-3H3,(H,31,35)/t24-,25+,28+/m1/s1. The number of rotatable bonds is 11. The van der Waals surface area contributed by atoms with Crippen LogP contribution in [0.3, 0.4) is 0 Å². The van der Waals surface area contributed by atoms with Crippen LogP contribution in [0.15, 0.2) is 12.1 Å². The van der Waals surface area contributed by atoms with Gasteiger partial charge in [0.2, 0.25) is 0 Å². The molecule has 212 valence electrons. The molecule has 5 rings (SSSR count). The zero-order chi connectivity index (χ0) is 27.3. The van der Waals surface area contributed by atoms with Gasteiger partial charge in [0.1, 0.15) is 11.9 Å². The van der Waals surface area contributed by atoms with Crippen molar-refractivity contribution in [3.8, 4) is 5.75 Å². The van der Waals surface area contributed by atoms with Crippen LogP contribution < -0.4 is 15.8 Å². The highest BCUT2D eigenvalue weighted by molar-refractivity contribution is 6.33. The van der Waals surface area contributed by atoms with Gasteiger partial charge in [0.25, 0.3) is 5.91 Å². The Balaban J connectivity index is 1.19. The number of piperidine rings is 4. The van der Waals surface area contributed by atoms with Crippen molar-refractivity contribution in [3.63, 3.8) is 0 Å². The van der Waals surface area contributed by atoms with Crippen LogP contribution in [0.4, 0.5) is 5.69 Å². The van der Waals surface area contributed by atoms with E-state index in [-0.39, 0.29) is 24.0 Å². The zero-order valence-corrected chi connectivity index (χ0v) is 23.7. The topological polar surface area (TPSA) is 106 Å². The van der Waals surface area contributed by atoms with E-state index in [2.05, 4.69) is 15.1 Å². The summed E-state index contributed by atoms with van der Waals surface area (Å²) in [5, 5.41) is 3.44. The molecule has 4 aliphatic rings. The zero-order valence-electron chi connectivity index (χ0n) is 23.0. The molecule has 2 bridgehead atoms. The monoisotopic (exact) mass is 550 g/mol. The van der Waals surface area contributed by atoms with E-state index in [1.165, 1.54) is 13.2 Å². The van der Waals surface area contributed by atoms with E-state index in [0.717, 1.165) is 71.2 Å². The molecule has 0 spiro atoms. The maximum Gasteiger partial charge on any atom is 0.306 e. The van der Waals surface area contributed by atoms with Crippen LogP contribution in [0.2, 0.25) is 5.02 Å². The predicted molar refractivity (Wildman–Crippen MR) is 148 cm³/mol. The van der Waals surface area contributed by atoms with Gasteiger partial charge >= 0.3 is 5.97 Å². The van der Waals surface area contributed by atoms with Crippen LogP contribution in [-0.2, 0) is 14.3 Å². The first-order chi connectivity index (χ1) is 18.2. The fourth-order valence-electron chi connectivity index (χ4n) is 6.08. The smallest absolute Gasteiger partial charge is 0.306 e. The fourth-order valence-corrected chi connectivity index (χ4v) is 6.24. The quantitative estimate of drug-likeness (QED) is 0.245. The van der Waals surface area contributed by atoms with Crippen LogP contribution in [0.1, 0.15) is 62.2 Å². The first-order valence-corrected chi connectivity index (χ1v) is 14.2. The van der Waals surface area contributed by atoms with Crippen molar-refractivity contribution in [1.82, 2.24) is 15.1 Å². The molecular formula is C28H43ClN4O5. The van der Waals surface area contributed by atoms with Gasteiger partial charge in [-0.3, -0.25) is 14.5 Å². The maximum atomic E-state index is 13.1. The molecule has 0 radical (unpaired) electrons. The van der Waals surface area contributed by atoms with E-state index in [1.54, 1.807) is 13.2 Å². The number of ether oxygens (including phenoxy) is 3. The first kappa shape index (κ1) is 28.9. The summed E-state index contributed by atoms with van der Waals surface area (Å²) < 4.78 is 17.1. The summed E-state index contributed by atoms with van der Waals surface area (Å²) >= 11 is 6.16. The molecule has 0 aliphatic carbocycles. The lowest BCUT2D eigenvalue weighted by atomic mass is 9.86. The van der Waals surface area contributed by atoms with Crippen molar-refractivity contribution in [2.75, 3.05) is 59.2 Å². The summed E-state index contributed by atoms with van der Waals surface area (Å²) in [7, 11) is 3.18. The highest BCUT2D eigenvalue weighted by atomic mass is 35.5. The number of nitrogen functional groups attached to an aromatic ring is 1. The molecule has 4 fully saturated rings. The van der Waals surface area contributed by atoms with Crippen LogP contribution in [0, 0.1) is 5.92 Å². The predicted octanol–water partition coefficient (Wildman–Crippen LogP) is 3.34. The van der Waals surface area contributed by atoms with E-state index in [9.17, 15) is 9.59 Å². The van der Waals surface area contributed by atoms with Crippen molar-refractivity contribution in [3.05, 3.63) is 22.7 Å². The molecule has 1 aromatic rings. The molecule has 3 N–H and O–H groups in total. The Kier molecular flexibility index (Phi) is 9.79. The summed E-state index contributed by atoms with van der Waals surface area (Å²) in [5.41, 5.74) is 6.02. The molecule has 0 unspecified atom stereocenters. The highest BCUT2D eigenvalue weighted by Gasteiger charge is 2.41. The molecule has 3 atom stereocenters. The first-order valence-electron chi connectivity index (χ1n) is 13.9. The lowest BCUT2D eigenvalue weighted by Gasteiger charge is -2.45. The average molecular weight is 551 g/mol. The molecule has 38 heavy (non-hydrogen) atoms. The van der Waals surface area contributed by atoms with Crippen molar-refractivity contribution in [2.45, 2.75) is 69.6 Å². The minimum atomic E-state index is -0.544. The van der Waals surface area contributed by atoms with Crippen molar-refractivity contribution in [2.24, 2.45) is 5.92 Å². The number of hydrogen-bond acceptors (Lipinski definition) is 8. The van der Waals surface area contributed by atoms with E-state index in [1.807, 2.05) is 6.92 Å². The minimum Gasteiger partial charge on any atom is -0.496 e. The molecule has 4 aliphatic heterocycles. The number of methoxy groups -OCH3 is 2. The fraction of sp³-hybridized carbons (Fsp3) is 0.714. The number of hydrogen-bond donors (Lipinski definition) is 2. The Labute approximate surface area is 231 Å². The van der Waals surface area contributed by atoms with Gasteiger partial charge in [-0.05, 0) is 70.6 Å². The molecular weight excluding hydrogens is 508 g/mol. The summed E-state index contributed by atoms with van der Waals surface area (Å²) in [5.74, 6) is 0.619. The third-order valence-corrected chi connectivity index (χ3v) is 8.91. The van der Waals surface area contributed by atoms with Gasteiger partial charge in [0.05, 0.1) is 35.0 Å². The molecule has 4 saturated heterocycles. The largest absolute Gasteiger partial charge is 0.496 e. The van der Waals surface area contributed by atoms with Crippen LogP contribution in [0.5, 0.6) is 5.75 Å². The van der Waals surface area contributed by atoms with Gasteiger partial charge in [-0.2, -0.15) is 0 Å². The third kappa shape index (κ3) is 6.92. The summed E-state index contributed by atoms with van der Waals surface area (Å²) in [6.45, 7) is 7.72. The number of nitrogens with one attached hydrogen (secondary N) is 1. The normalized spacial score (nSPS) is 29.2. The van der Waals surface area contributed by atoms with Crippen molar-refractivity contribution >= 4 is 29.2 Å². The van der Waals surface area contributed by atoms with E-state index >= 15 is 0 Å². The molecule has 4 heterocycles. The highest BCUT2D eigenvalue weighted by Crippen LogP contribution is 2.31. The average Bonchev–Trinajstić information content (AvgIpc) is 2.91. The second-order valence-electron chi connectivity index (χ2n) is 11.2. The molecule has 0 saturated carbocycles. The number of nitrogens with two attached hydrogens (primary N) is 1. The second kappa shape index (κ2) is 12.9. The number of benzene rings is 1. The van der Waals surface area contributed by atoms with Gasteiger partial charge < -0.3 is 30.2 Å². The van der Waals surface area contributed by atoms with Gasteiger partial charge in [-0.1, -0.05) is 18.0 Å². The van der Waals surface area contributed by atoms with Crippen LogP contribution in [-0.4, -0.2) is 92.9 Å². The summed E-state index contributed by atoms with van der Waals surface area (Å²) in [6.07, 6.45) is 6.49. The Hall–Kier alpha value is -2.07. The lowest BCUT2D eigenvalue weighted by molar-refractivity contribution is -0.158. The van der Waals surface area contributed by atoms with E-state index < -0.39 is 5.60 Å². The van der Waals surface area contributed by atoms with Gasteiger partial charge in [-0.25, -0.2) is 0 Å². The number of likely N-dealkylation sites (tertiary alicyclic amines) is 1. The Bertz CT molecular complexity index is 986. The Morgan fingerprint density at radius 3 is 2.55 bits per heavy atom. The third-order valence-electron chi connectivity index (χ3n) is 8.58. The van der Waals surface area contributed by atoms with Crippen molar-refractivity contribution in [1.29, 1.82) is 0 Å². The van der Waals surface area contributed by atoms with Crippen LogP contribution in [0.25, 0.3) is 0 Å². The molecule has 10 heteroatoms. The Morgan fingerprint density at radius 2 is 1.89 bits per heavy atom. The second-order valence-corrected chi connectivity index (χ2v) is 11.6. The van der Waals surface area contributed by atoms with Gasteiger partial charge in [-0.15, -0.1) is 0 Å². The summed E-state index contributed by atoms with van der Waals surface area (Å²) in [4.78, 5) is 30.2. The number of esters is 1. The number of amides is 1.